The molecule has 0 saturated carbocycles. The molecule has 0 bridgehead atoms. The van der Waals surface area contributed by atoms with Gasteiger partial charge in [0.25, 0.3) is 0 Å². The first-order chi connectivity index (χ1) is 14.0. The molecule has 1 heterocycles. The Hall–Kier alpha value is -1.85. The van der Waals surface area contributed by atoms with E-state index in [-0.39, 0.29) is 24.5 Å². The number of sulfonamides is 1. The largest absolute Gasteiger partial charge is 0.401 e. The van der Waals surface area contributed by atoms with Gasteiger partial charge in [-0.2, -0.15) is 17.5 Å². The minimum absolute atomic E-state index is 0.121. The number of rotatable bonds is 6. The summed E-state index contributed by atoms with van der Waals surface area (Å²) in [5, 5.41) is 2.68. The Morgan fingerprint density at radius 3 is 2.40 bits per heavy atom. The van der Waals surface area contributed by atoms with Crippen molar-refractivity contribution in [2.75, 3.05) is 51.1 Å². The number of hydrogen-bond donors (Lipinski definition) is 1. The lowest BCUT2D eigenvalue weighted by Crippen LogP contribution is -2.40. The molecule has 1 aromatic rings. The molecule has 1 aliphatic rings. The minimum Gasteiger partial charge on any atom is -0.323 e. The van der Waals surface area contributed by atoms with Gasteiger partial charge < -0.3 is 10.2 Å². The van der Waals surface area contributed by atoms with Gasteiger partial charge >= 0.3 is 12.2 Å². The monoisotopic (exact) mass is 450 g/mol. The molecule has 0 radical (unpaired) electrons. The Bertz CT molecular complexity index is 842. The summed E-state index contributed by atoms with van der Waals surface area (Å²) in [5.74, 6) is 0. The van der Waals surface area contributed by atoms with Crippen LogP contribution in [0.15, 0.2) is 23.1 Å². The van der Waals surface area contributed by atoms with Gasteiger partial charge in [0.2, 0.25) is 10.0 Å². The Kier molecular flexibility index (Phi) is 8.12. The molecule has 0 unspecified atom stereocenters. The first kappa shape index (κ1) is 24.4. The number of hydrogen-bond acceptors (Lipinski definition) is 4. The summed E-state index contributed by atoms with van der Waals surface area (Å²) in [7, 11) is -3.69. The summed E-state index contributed by atoms with van der Waals surface area (Å²) < 4.78 is 64.9. The highest BCUT2D eigenvalue weighted by atomic mass is 32.2. The zero-order valence-corrected chi connectivity index (χ0v) is 18.3. The van der Waals surface area contributed by atoms with Gasteiger partial charge in [-0.05, 0) is 31.0 Å². The molecule has 1 saturated heterocycles. The third-order valence-electron chi connectivity index (χ3n) is 5.04. The second-order valence-corrected chi connectivity index (χ2v) is 9.14. The topological polar surface area (TPSA) is 73.0 Å². The number of carbonyl (C=O) groups is 1. The summed E-state index contributed by atoms with van der Waals surface area (Å²) in [6, 6.07) is 4.20. The zero-order valence-electron chi connectivity index (χ0n) is 17.5. The van der Waals surface area contributed by atoms with E-state index in [0.717, 1.165) is 0 Å². The first-order valence-corrected chi connectivity index (χ1v) is 11.4. The molecule has 0 atom stereocenters. The van der Waals surface area contributed by atoms with Crippen LogP contribution in [0.1, 0.15) is 25.8 Å². The van der Waals surface area contributed by atoms with Crippen LogP contribution in [0.4, 0.5) is 23.7 Å². The smallest absolute Gasteiger partial charge is 0.323 e. The summed E-state index contributed by atoms with van der Waals surface area (Å²) in [5.41, 5.74) is 0.894. The van der Waals surface area contributed by atoms with Crippen molar-refractivity contribution in [1.29, 1.82) is 0 Å². The highest BCUT2D eigenvalue weighted by molar-refractivity contribution is 7.89. The van der Waals surface area contributed by atoms with Crippen LogP contribution in [-0.4, -0.2) is 80.5 Å². The summed E-state index contributed by atoms with van der Waals surface area (Å²) in [6.07, 6.45) is -3.84. The van der Waals surface area contributed by atoms with Gasteiger partial charge in [-0.1, -0.05) is 19.9 Å². The molecule has 2 amide bonds. The van der Waals surface area contributed by atoms with Crippen molar-refractivity contribution in [1.82, 2.24) is 14.1 Å². The Morgan fingerprint density at radius 1 is 1.13 bits per heavy atom. The Morgan fingerprint density at radius 2 is 1.80 bits per heavy atom. The van der Waals surface area contributed by atoms with Crippen molar-refractivity contribution < 1.29 is 26.4 Å². The predicted octanol–water partition coefficient (Wildman–Crippen LogP) is 3.13. The van der Waals surface area contributed by atoms with Crippen LogP contribution in [0, 0.1) is 6.92 Å². The third-order valence-corrected chi connectivity index (χ3v) is 7.23. The molecule has 1 N–H and O–H groups in total. The average molecular weight is 451 g/mol. The molecule has 30 heavy (non-hydrogen) atoms. The SMILES string of the molecule is CCN(CC)S(=O)(=O)c1cc(NC(=O)N2CCCN(CC(F)(F)F)CC2)ccc1C. The van der Waals surface area contributed by atoms with Crippen molar-refractivity contribution in [3.63, 3.8) is 0 Å². The van der Waals surface area contributed by atoms with Crippen LogP contribution in [0.3, 0.4) is 0 Å². The number of nitrogens with one attached hydrogen (secondary N) is 1. The van der Waals surface area contributed by atoms with E-state index in [4.69, 9.17) is 0 Å². The quantitative estimate of drug-likeness (QED) is 0.723. The third kappa shape index (κ3) is 6.32. The van der Waals surface area contributed by atoms with E-state index in [0.29, 0.717) is 37.3 Å². The molecular weight excluding hydrogens is 421 g/mol. The fourth-order valence-electron chi connectivity index (χ4n) is 3.45. The molecule has 0 aromatic heterocycles. The average Bonchev–Trinajstić information content (AvgIpc) is 2.88. The standard InChI is InChI=1S/C19H29F3N4O3S/c1-4-26(5-2)30(28,29)17-13-16(8-7-15(17)3)23-18(27)25-10-6-9-24(11-12-25)14-19(20,21)22/h7-8,13H,4-6,9-12,14H2,1-3H3,(H,23,27). The molecule has 0 spiro atoms. The molecule has 2 rings (SSSR count). The maximum atomic E-state index is 12.9. The summed E-state index contributed by atoms with van der Waals surface area (Å²) >= 11 is 0. The van der Waals surface area contributed by atoms with Crippen molar-refractivity contribution in [2.45, 2.75) is 38.3 Å². The lowest BCUT2D eigenvalue weighted by molar-refractivity contribution is -0.145. The van der Waals surface area contributed by atoms with Crippen molar-refractivity contribution >= 4 is 21.7 Å². The van der Waals surface area contributed by atoms with Crippen LogP contribution in [0.2, 0.25) is 0 Å². The number of aryl methyl sites for hydroxylation is 1. The van der Waals surface area contributed by atoms with Gasteiger partial charge in [-0.25, -0.2) is 13.2 Å². The van der Waals surface area contributed by atoms with Gasteiger partial charge in [0.05, 0.1) is 11.4 Å². The Balaban J connectivity index is 2.10. The lowest BCUT2D eigenvalue weighted by Gasteiger charge is -2.23. The fraction of sp³-hybridized carbons (Fsp3) is 0.632. The molecule has 170 valence electrons. The van der Waals surface area contributed by atoms with Gasteiger partial charge in [-0.3, -0.25) is 4.90 Å². The molecule has 1 fully saturated rings. The van der Waals surface area contributed by atoms with E-state index in [9.17, 15) is 26.4 Å². The van der Waals surface area contributed by atoms with Gasteiger partial charge in [0.1, 0.15) is 0 Å². The minimum atomic E-state index is -4.27. The molecule has 11 heteroatoms. The summed E-state index contributed by atoms with van der Waals surface area (Å²) in [6.45, 7) is 5.75. The number of benzene rings is 1. The van der Waals surface area contributed by atoms with Gasteiger partial charge in [0.15, 0.2) is 0 Å². The van der Waals surface area contributed by atoms with Crippen LogP contribution in [0.25, 0.3) is 0 Å². The number of amides is 2. The zero-order chi connectivity index (χ0) is 22.5. The number of anilines is 1. The van der Waals surface area contributed by atoms with Crippen molar-refractivity contribution in [3.05, 3.63) is 23.8 Å². The Labute approximate surface area is 175 Å². The molecule has 0 aliphatic carbocycles. The summed E-state index contributed by atoms with van der Waals surface area (Å²) in [4.78, 5) is 15.5. The van der Waals surface area contributed by atoms with Crippen LogP contribution >= 0.6 is 0 Å². The predicted molar refractivity (Wildman–Crippen MR) is 109 cm³/mol. The number of alkyl halides is 3. The van der Waals surface area contributed by atoms with Crippen molar-refractivity contribution in [3.8, 4) is 0 Å². The van der Waals surface area contributed by atoms with E-state index < -0.39 is 28.8 Å². The number of urea groups is 1. The van der Waals surface area contributed by atoms with Crippen LogP contribution in [-0.2, 0) is 10.0 Å². The number of nitrogens with zero attached hydrogens (tertiary/aromatic N) is 3. The molecular formula is C19H29F3N4O3S. The lowest BCUT2D eigenvalue weighted by atomic mass is 10.2. The van der Waals surface area contributed by atoms with Gasteiger partial charge in [0, 0.05) is 45.0 Å². The molecule has 1 aliphatic heterocycles. The van der Waals surface area contributed by atoms with Crippen LogP contribution < -0.4 is 5.32 Å². The van der Waals surface area contributed by atoms with E-state index in [1.54, 1.807) is 32.9 Å². The van der Waals surface area contributed by atoms with Crippen molar-refractivity contribution in [2.24, 2.45) is 0 Å². The second-order valence-electron chi connectivity index (χ2n) is 7.23. The van der Waals surface area contributed by atoms with Crippen LogP contribution in [0.5, 0.6) is 0 Å². The van der Waals surface area contributed by atoms with E-state index in [1.165, 1.54) is 20.2 Å². The number of halogens is 3. The van der Waals surface area contributed by atoms with Gasteiger partial charge in [-0.15, -0.1) is 0 Å². The molecule has 1 aromatic carbocycles. The maximum Gasteiger partial charge on any atom is 0.401 e. The highest BCUT2D eigenvalue weighted by Gasteiger charge is 2.32. The van der Waals surface area contributed by atoms with E-state index in [1.807, 2.05) is 0 Å². The first-order valence-electron chi connectivity index (χ1n) is 9.93. The van der Waals surface area contributed by atoms with E-state index in [2.05, 4.69) is 5.32 Å². The molecule has 7 nitrogen and oxygen atoms in total. The normalized spacial score (nSPS) is 16.6. The number of carbonyl (C=O) groups excluding carboxylic acids is 1. The van der Waals surface area contributed by atoms with E-state index >= 15 is 0 Å². The fourth-order valence-corrected chi connectivity index (χ4v) is 5.16. The highest BCUT2D eigenvalue weighted by Crippen LogP contribution is 2.24. The maximum absolute atomic E-state index is 12.9. The second kappa shape index (κ2) is 9.97.